The standard InChI is InChI=1S/C56H39N/c1-55(2)49-21-11-8-18-43(49)46-32-29-40(34-52(46)55)57(39-27-24-37(25-28-39)36-14-4-3-5-15-36)41-30-33-47-48-31-26-38-16-6-7-17-42(38)54(48)56(53(47)35-41)50-22-12-9-19-44(50)45-20-10-13-23-51(45)56/h3-35H,1-2H3/i3D,4D,5D,14D,15D. The van der Waals surface area contributed by atoms with Crippen LogP contribution in [0.2, 0.25) is 0 Å². The third-order valence-electron chi connectivity index (χ3n) is 13.0. The molecule has 0 heterocycles. The first-order valence-corrected chi connectivity index (χ1v) is 19.7. The molecule has 0 amide bonds. The minimum Gasteiger partial charge on any atom is -0.310 e. The number of nitrogens with zero attached hydrogens (tertiary/aromatic N) is 1. The normalized spacial score (nSPS) is 15.6. The molecular formula is C56H39N. The molecule has 9 aromatic rings. The Kier molecular flexibility index (Phi) is 5.70. The van der Waals surface area contributed by atoms with Gasteiger partial charge in [0.2, 0.25) is 0 Å². The number of fused-ring (bicyclic) bond motifs is 15. The van der Waals surface area contributed by atoms with Crippen molar-refractivity contribution in [3.63, 3.8) is 0 Å². The summed E-state index contributed by atoms with van der Waals surface area (Å²) in [5.74, 6) is 0. The zero-order valence-electron chi connectivity index (χ0n) is 36.6. The van der Waals surface area contributed by atoms with E-state index in [1.165, 1.54) is 77.5 Å². The van der Waals surface area contributed by atoms with Crippen LogP contribution in [-0.2, 0) is 10.8 Å². The quantitative estimate of drug-likeness (QED) is 0.174. The number of benzene rings is 9. The van der Waals surface area contributed by atoms with Gasteiger partial charge in [-0.2, -0.15) is 0 Å². The van der Waals surface area contributed by atoms with Crippen LogP contribution in [0.25, 0.3) is 55.3 Å². The van der Waals surface area contributed by atoms with E-state index in [4.69, 9.17) is 6.85 Å². The molecule has 57 heavy (non-hydrogen) atoms. The van der Waals surface area contributed by atoms with E-state index in [1.807, 2.05) is 24.3 Å². The van der Waals surface area contributed by atoms with Crippen LogP contribution in [0.3, 0.4) is 0 Å². The molecule has 268 valence electrons. The van der Waals surface area contributed by atoms with Crippen LogP contribution in [-0.4, -0.2) is 0 Å². The Labute approximate surface area is 341 Å². The second-order valence-electron chi connectivity index (χ2n) is 16.1. The van der Waals surface area contributed by atoms with E-state index in [1.54, 1.807) is 0 Å². The lowest BCUT2D eigenvalue weighted by atomic mass is 9.69. The van der Waals surface area contributed by atoms with E-state index in [2.05, 4.69) is 164 Å². The van der Waals surface area contributed by atoms with E-state index in [0.29, 0.717) is 5.56 Å². The van der Waals surface area contributed by atoms with Gasteiger partial charge in [0.1, 0.15) is 0 Å². The molecule has 1 nitrogen and oxygen atoms in total. The summed E-state index contributed by atoms with van der Waals surface area (Å²) in [5.41, 5.74) is 17.9. The topological polar surface area (TPSA) is 3.24 Å². The van der Waals surface area contributed by atoms with Gasteiger partial charge < -0.3 is 4.90 Å². The second kappa shape index (κ2) is 11.8. The molecule has 0 atom stereocenters. The van der Waals surface area contributed by atoms with Crippen LogP contribution in [0.1, 0.15) is 54.1 Å². The molecule has 0 fully saturated rings. The fourth-order valence-corrected chi connectivity index (χ4v) is 10.5. The summed E-state index contributed by atoms with van der Waals surface area (Å²) in [6.45, 7) is 4.60. The van der Waals surface area contributed by atoms with Crippen molar-refractivity contribution in [1.29, 1.82) is 0 Å². The van der Waals surface area contributed by atoms with E-state index in [0.717, 1.165) is 17.1 Å². The fourth-order valence-electron chi connectivity index (χ4n) is 10.5. The molecular weight excluding hydrogens is 687 g/mol. The maximum atomic E-state index is 8.72. The average molecular weight is 731 g/mol. The van der Waals surface area contributed by atoms with Gasteiger partial charge in [0, 0.05) is 22.5 Å². The van der Waals surface area contributed by atoms with Crippen LogP contribution in [0.15, 0.2) is 200 Å². The highest BCUT2D eigenvalue weighted by Crippen LogP contribution is 2.64. The van der Waals surface area contributed by atoms with Gasteiger partial charge >= 0.3 is 0 Å². The Bertz CT molecular complexity index is 3330. The third kappa shape index (κ3) is 4.34. The predicted octanol–water partition coefficient (Wildman–Crippen LogP) is 14.6. The number of anilines is 3. The average Bonchev–Trinajstić information content (AvgIpc) is 3.86. The number of hydrogen-bond donors (Lipinski definition) is 0. The summed E-state index contributed by atoms with van der Waals surface area (Å²) in [5, 5.41) is 2.46. The molecule has 12 rings (SSSR count). The first kappa shape index (κ1) is 27.6. The molecule has 0 unspecified atom stereocenters. The van der Waals surface area contributed by atoms with Gasteiger partial charge in [-0.1, -0.05) is 178 Å². The SMILES string of the molecule is [2H]c1c([2H])c([2H])c(-c2ccc(N(c3ccc4c(c3)C(C)(C)c3ccccc3-4)c3ccc4c(c3)C3(c5ccccc5-c5ccccc53)c3c-4ccc4ccccc34)cc2)c([2H])c1[2H]. The molecule has 0 saturated heterocycles. The summed E-state index contributed by atoms with van der Waals surface area (Å²) in [6.07, 6.45) is 0. The van der Waals surface area contributed by atoms with Gasteiger partial charge in [0.05, 0.1) is 12.3 Å². The molecule has 1 spiro atoms. The van der Waals surface area contributed by atoms with E-state index in [9.17, 15) is 0 Å². The van der Waals surface area contributed by atoms with E-state index >= 15 is 0 Å². The largest absolute Gasteiger partial charge is 0.310 e. The number of rotatable bonds is 4. The van der Waals surface area contributed by atoms with Crippen molar-refractivity contribution in [3.05, 3.63) is 233 Å². The maximum absolute atomic E-state index is 8.72. The molecule has 3 aliphatic rings. The van der Waals surface area contributed by atoms with Crippen molar-refractivity contribution in [1.82, 2.24) is 0 Å². The second-order valence-corrected chi connectivity index (χ2v) is 16.1. The Morgan fingerprint density at radius 2 is 0.912 bits per heavy atom. The van der Waals surface area contributed by atoms with Crippen molar-refractivity contribution >= 4 is 27.8 Å². The molecule has 0 saturated carbocycles. The lowest BCUT2D eigenvalue weighted by molar-refractivity contribution is 0.660. The summed E-state index contributed by atoms with van der Waals surface area (Å²) >= 11 is 0. The number of hydrogen-bond acceptors (Lipinski definition) is 1. The minimum atomic E-state index is -0.577. The van der Waals surface area contributed by atoms with E-state index in [-0.39, 0.29) is 35.1 Å². The first-order valence-electron chi connectivity index (χ1n) is 22.2. The van der Waals surface area contributed by atoms with Crippen LogP contribution in [0.5, 0.6) is 0 Å². The Balaban J connectivity index is 1.12. The van der Waals surface area contributed by atoms with Gasteiger partial charge in [-0.15, -0.1) is 0 Å². The van der Waals surface area contributed by atoms with Crippen molar-refractivity contribution in [2.75, 3.05) is 4.90 Å². The molecule has 3 aliphatic carbocycles. The molecule has 9 aromatic carbocycles. The monoisotopic (exact) mass is 730 g/mol. The fraction of sp³-hybridized carbons (Fsp3) is 0.0714. The Morgan fingerprint density at radius 3 is 1.60 bits per heavy atom. The molecule has 1 heteroatoms. The van der Waals surface area contributed by atoms with Crippen LogP contribution in [0, 0.1) is 0 Å². The summed E-state index contributed by atoms with van der Waals surface area (Å²) in [4.78, 5) is 2.31. The smallest absolute Gasteiger partial charge is 0.0732 e. The highest BCUT2D eigenvalue weighted by Gasteiger charge is 2.52. The van der Waals surface area contributed by atoms with Crippen molar-refractivity contribution < 1.29 is 6.85 Å². The zero-order chi connectivity index (χ0) is 42.2. The van der Waals surface area contributed by atoms with Crippen molar-refractivity contribution in [2.45, 2.75) is 24.7 Å². The molecule has 0 aromatic heterocycles. The summed E-state index contributed by atoms with van der Waals surface area (Å²) in [7, 11) is 0. The summed E-state index contributed by atoms with van der Waals surface area (Å²) < 4.78 is 42.3. The van der Waals surface area contributed by atoms with Crippen LogP contribution in [0.4, 0.5) is 17.1 Å². The lowest BCUT2D eigenvalue weighted by Crippen LogP contribution is -2.26. The van der Waals surface area contributed by atoms with Gasteiger partial charge in [0.25, 0.3) is 0 Å². The zero-order valence-corrected chi connectivity index (χ0v) is 31.6. The van der Waals surface area contributed by atoms with Crippen LogP contribution >= 0.6 is 0 Å². The van der Waals surface area contributed by atoms with E-state index < -0.39 is 11.5 Å². The molecule has 0 radical (unpaired) electrons. The Hall–Kier alpha value is -6.96. The van der Waals surface area contributed by atoms with Gasteiger partial charge in [-0.3, -0.25) is 0 Å². The van der Waals surface area contributed by atoms with Gasteiger partial charge in [-0.05, 0) is 125 Å². The molecule has 0 bridgehead atoms. The third-order valence-corrected chi connectivity index (χ3v) is 13.0. The first-order chi connectivity index (χ1) is 30.1. The predicted molar refractivity (Wildman–Crippen MR) is 238 cm³/mol. The van der Waals surface area contributed by atoms with Crippen LogP contribution < -0.4 is 4.90 Å². The minimum absolute atomic E-state index is 0.189. The highest BCUT2D eigenvalue weighted by molar-refractivity contribution is 6.04. The van der Waals surface area contributed by atoms with Crippen molar-refractivity contribution in [3.8, 4) is 44.5 Å². The summed E-state index contributed by atoms with van der Waals surface area (Å²) in [6, 6.07) is 59.9. The lowest BCUT2D eigenvalue weighted by Gasteiger charge is -2.33. The maximum Gasteiger partial charge on any atom is 0.0732 e. The highest BCUT2D eigenvalue weighted by atomic mass is 15.1. The Morgan fingerprint density at radius 1 is 0.404 bits per heavy atom. The molecule has 0 N–H and O–H groups in total. The molecule has 0 aliphatic heterocycles. The van der Waals surface area contributed by atoms with Gasteiger partial charge in [0.15, 0.2) is 0 Å². The van der Waals surface area contributed by atoms with Gasteiger partial charge in [-0.25, -0.2) is 0 Å². The van der Waals surface area contributed by atoms with Crippen molar-refractivity contribution in [2.24, 2.45) is 0 Å².